The van der Waals surface area contributed by atoms with Crippen LogP contribution in [0.15, 0.2) is 4.99 Å². The standard InChI is InChI=1S/C6H6F3NO2/c1-5(2)4(11)12-3(10-5)6(7,8)9/h1-2H3. The number of nitrogens with zero attached hydrogens (tertiary/aromatic N) is 1. The van der Waals surface area contributed by atoms with Gasteiger partial charge in [-0.25, -0.2) is 9.79 Å². The minimum Gasteiger partial charge on any atom is -0.401 e. The third-order valence-electron chi connectivity index (χ3n) is 1.31. The molecule has 0 N–H and O–H groups in total. The van der Waals surface area contributed by atoms with Crippen LogP contribution in [0.3, 0.4) is 0 Å². The Bertz CT molecular complexity index is 254. The molecule has 0 unspecified atom stereocenters. The molecule has 1 heterocycles. The molecule has 0 aromatic carbocycles. The van der Waals surface area contributed by atoms with E-state index in [2.05, 4.69) is 9.73 Å². The molecule has 3 nitrogen and oxygen atoms in total. The smallest absolute Gasteiger partial charge is 0.401 e. The Morgan fingerprint density at radius 3 is 2.08 bits per heavy atom. The van der Waals surface area contributed by atoms with E-state index in [1.807, 2.05) is 0 Å². The summed E-state index contributed by atoms with van der Waals surface area (Å²) in [5.74, 6) is -2.44. The van der Waals surface area contributed by atoms with Gasteiger partial charge >= 0.3 is 18.0 Å². The van der Waals surface area contributed by atoms with E-state index in [-0.39, 0.29) is 0 Å². The predicted molar refractivity (Wildman–Crippen MR) is 33.7 cm³/mol. The molecule has 1 aliphatic rings. The maximum absolute atomic E-state index is 11.9. The van der Waals surface area contributed by atoms with Crippen molar-refractivity contribution in [1.82, 2.24) is 0 Å². The number of cyclic esters (lactones) is 1. The average molecular weight is 181 g/mol. The minimum atomic E-state index is -4.68. The monoisotopic (exact) mass is 181 g/mol. The molecule has 0 radical (unpaired) electrons. The molecule has 0 fully saturated rings. The maximum atomic E-state index is 11.9. The number of aliphatic imine (C=N–C) groups is 1. The second-order valence-electron chi connectivity index (χ2n) is 2.86. The molecule has 0 atom stereocenters. The third kappa shape index (κ3) is 1.41. The van der Waals surface area contributed by atoms with Gasteiger partial charge in [0.15, 0.2) is 5.54 Å². The van der Waals surface area contributed by atoms with E-state index in [4.69, 9.17) is 0 Å². The van der Waals surface area contributed by atoms with Gasteiger partial charge in [0.1, 0.15) is 0 Å². The van der Waals surface area contributed by atoms with Crippen molar-refractivity contribution in [2.45, 2.75) is 25.6 Å². The van der Waals surface area contributed by atoms with Gasteiger partial charge in [-0.2, -0.15) is 13.2 Å². The number of carbonyl (C=O) groups is 1. The van der Waals surface area contributed by atoms with Gasteiger partial charge in [-0.3, -0.25) is 0 Å². The first kappa shape index (κ1) is 9.02. The lowest BCUT2D eigenvalue weighted by Crippen LogP contribution is -2.26. The fourth-order valence-corrected chi connectivity index (χ4v) is 0.656. The highest BCUT2D eigenvalue weighted by Crippen LogP contribution is 2.27. The van der Waals surface area contributed by atoms with Gasteiger partial charge in [0.25, 0.3) is 0 Å². The van der Waals surface area contributed by atoms with Crippen LogP contribution in [-0.4, -0.2) is 23.6 Å². The van der Waals surface area contributed by atoms with Crippen molar-refractivity contribution in [2.24, 2.45) is 4.99 Å². The first-order valence-corrected chi connectivity index (χ1v) is 3.13. The maximum Gasteiger partial charge on any atom is 0.468 e. The molecule has 68 valence electrons. The van der Waals surface area contributed by atoms with Crippen molar-refractivity contribution in [3.05, 3.63) is 0 Å². The largest absolute Gasteiger partial charge is 0.468 e. The fourth-order valence-electron chi connectivity index (χ4n) is 0.656. The van der Waals surface area contributed by atoms with Crippen LogP contribution in [0.25, 0.3) is 0 Å². The lowest BCUT2D eigenvalue weighted by atomic mass is 10.1. The van der Waals surface area contributed by atoms with E-state index >= 15 is 0 Å². The topological polar surface area (TPSA) is 38.7 Å². The van der Waals surface area contributed by atoms with Crippen LogP contribution in [0.4, 0.5) is 13.2 Å². The molecule has 6 heteroatoms. The van der Waals surface area contributed by atoms with Crippen LogP contribution in [0.1, 0.15) is 13.8 Å². The highest BCUT2D eigenvalue weighted by molar-refractivity contribution is 6.01. The van der Waals surface area contributed by atoms with Crippen LogP contribution in [0, 0.1) is 0 Å². The summed E-state index contributed by atoms with van der Waals surface area (Å²) in [5, 5.41) is 0. The first-order valence-electron chi connectivity index (χ1n) is 3.13. The van der Waals surface area contributed by atoms with Crippen LogP contribution >= 0.6 is 0 Å². The van der Waals surface area contributed by atoms with E-state index in [0.717, 1.165) is 0 Å². The van der Waals surface area contributed by atoms with Gasteiger partial charge < -0.3 is 4.74 Å². The molecule has 0 aromatic heterocycles. The van der Waals surface area contributed by atoms with Gasteiger partial charge in [0.2, 0.25) is 0 Å². The Morgan fingerprint density at radius 1 is 1.42 bits per heavy atom. The summed E-state index contributed by atoms with van der Waals surface area (Å²) < 4.78 is 39.5. The average Bonchev–Trinajstić information content (AvgIpc) is 2.06. The molecule has 0 saturated carbocycles. The second kappa shape index (κ2) is 2.21. The molecule has 12 heavy (non-hydrogen) atoms. The van der Waals surface area contributed by atoms with Crippen molar-refractivity contribution in [1.29, 1.82) is 0 Å². The Hall–Kier alpha value is -1.07. The van der Waals surface area contributed by atoms with Crippen LogP contribution in [0.2, 0.25) is 0 Å². The van der Waals surface area contributed by atoms with Crippen molar-refractivity contribution in [3.63, 3.8) is 0 Å². The molecule has 1 rings (SSSR count). The van der Waals surface area contributed by atoms with Gasteiger partial charge in [-0.1, -0.05) is 0 Å². The second-order valence-corrected chi connectivity index (χ2v) is 2.86. The summed E-state index contributed by atoms with van der Waals surface area (Å²) in [6, 6.07) is 0. The number of rotatable bonds is 0. The number of carbonyl (C=O) groups excluding carboxylic acids is 1. The lowest BCUT2D eigenvalue weighted by molar-refractivity contribution is -0.141. The summed E-state index contributed by atoms with van der Waals surface area (Å²) in [6.07, 6.45) is -4.68. The molecule has 0 spiro atoms. The summed E-state index contributed by atoms with van der Waals surface area (Å²) in [7, 11) is 0. The van der Waals surface area contributed by atoms with Gasteiger partial charge in [0, 0.05) is 0 Å². The predicted octanol–water partition coefficient (Wildman–Crippen LogP) is 1.28. The van der Waals surface area contributed by atoms with E-state index in [0.29, 0.717) is 0 Å². The number of esters is 1. The van der Waals surface area contributed by atoms with Crippen LogP contribution in [0.5, 0.6) is 0 Å². The van der Waals surface area contributed by atoms with Crippen molar-refractivity contribution in [3.8, 4) is 0 Å². The van der Waals surface area contributed by atoms with E-state index < -0.39 is 23.6 Å². The highest BCUT2D eigenvalue weighted by atomic mass is 19.4. The number of alkyl halides is 3. The van der Waals surface area contributed by atoms with Gasteiger partial charge in [-0.05, 0) is 13.8 Å². The van der Waals surface area contributed by atoms with Crippen molar-refractivity contribution >= 4 is 11.9 Å². The van der Waals surface area contributed by atoms with Gasteiger partial charge in [-0.15, -0.1) is 0 Å². The fraction of sp³-hybridized carbons (Fsp3) is 0.667. The Labute approximate surface area is 66.2 Å². The zero-order valence-electron chi connectivity index (χ0n) is 6.40. The zero-order valence-corrected chi connectivity index (χ0v) is 6.40. The molecular formula is C6H6F3NO2. The molecule has 0 aliphatic carbocycles. The van der Waals surface area contributed by atoms with Crippen LogP contribution < -0.4 is 0 Å². The lowest BCUT2D eigenvalue weighted by Gasteiger charge is -2.05. The highest BCUT2D eigenvalue weighted by Gasteiger charge is 2.49. The van der Waals surface area contributed by atoms with Crippen LogP contribution in [-0.2, 0) is 9.53 Å². The van der Waals surface area contributed by atoms with Gasteiger partial charge in [0.05, 0.1) is 0 Å². The summed E-state index contributed by atoms with van der Waals surface area (Å²) in [4.78, 5) is 13.8. The summed E-state index contributed by atoms with van der Waals surface area (Å²) in [6.45, 7) is 2.52. The van der Waals surface area contributed by atoms with Crippen molar-refractivity contribution < 1.29 is 22.7 Å². The molecular weight excluding hydrogens is 175 g/mol. The minimum absolute atomic E-state index is 0.977. The van der Waals surface area contributed by atoms with E-state index in [9.17, 15) is 18.0 Å². The SMILES string of the molecule is CC1(C)N=C(C(F)(F)F)OC1=O. The molecule has 0 amide bonds. The summed E-state index contributed by atoms with van der Waals surface area (Å²) >= 11 is 0. The number of hydrogen-bond acceptors (Lipinski definition) is 3. The summed E-state index contributed by atoms with van der Waals surface area (Å²) in [5.41, 5.74) is -1.41. The molecule has 0 bridgehead atoms. The number of halogens is 3. The molecule has 0 aromatic rings. The Morgan fingerprint density at radius 2 is 1.92 bits per heavy atom. The Balaban J connectivity index is 2.95. The van der Waals surface area contributed by atoms with Crippen molar-refractivity contribution in [2.75, 3.05) is 0 Å². The number of hydrogen-bond donors (Lipinski definition) is 0. The first-order chi connectivity index (χ1) is 5.23. The molecule has 0 saturated heterocycles. The quantitative estimate of drug-likeness (QED) is 0.528. The van der Waals surface area contributed by atoms with E-state index in [1.165, 1.54) is 13.8 Å². The van der Waals surface area contributed by atoms with E-state index in [1.54, 1.807) is 0 Å². The number of ether oxygens (including phenoxy) is 1. The third-order valence-corrected chi connectivity index (χ3v) is 1.31. The molecule has 1 aliphatic heterocycles. The zero-order chi connectivity index (χ0) is 9.57. The Kier molecular flexibility index (Phi) is 1.66. The normalized spacial score (nSPS) is 22.1.